The van der Waals surface area contributed by atoms with Gasteiger partial charge < -0.3 is 4.74 Å². The lowest BCUT2D eigenvalue weighted by molar-refractivity contribution is -0.0511. The molecule has 1 aromatic carbocycles. The van der Waals surface area contributed by atoms with E-state index in [4.69, 9.17) is 9.72 Å². The van der Waals surface area contributed by atoms with Gasteiger partial charge in [-0.1, -0.05) is 0 Å². The molecule has 6 rings (SSSR count). The topological polar surface area (TPSA) is 78.6 Å². The number of hydrogen-bond donors (Lipinski definition) is 0. The van der Waals surface area contributed by atoms with Crippen LogP contribution >= 0.6 is 0 Å². The van der Waals surface area contributed by atoms with Crippen molar-refractivity contribution >= 4 is 11.2 Å². The highest BCUT2D eigenvalue weighted by Gasteiger charge is 2.34. The van der Waals surface area contributed by atoms with Crippen LogP contribution in [0.2, 0.25) is 0 Å². The van der Waals surface area contributed by atoms with Gasteiger partial charge in [0.2, 0.25) is 0 Å². The summed E-state index contributed by atoms with van der Waals surface area (Å²) in [4.78, 5) is 18.5. The number of hydrogen-bond acceptors (Lipinski definition) is 6. The minimum Gasteiger partial charge on any atom is -0.370 e. The van der Waals surface area contributed by atoms with Crippen molar-refractivity contribution in [2.24, 2.45) is 0 Å². The van der Waals surface area contributed by atoms with E-state index in [-0.39, 0.29) is 34.9 Å². The Bertz CT molecular complexity index is 1480. The van der Waals surface area contributed by atoms with Crippen molar-refractivity contribution < 1.29 is 17.9 Å². The van der Waals surface area contributed by atoms with Crippen molar-refractivity contribution in [3.63, 3.8) is 0 Å². The average Bonchev–Trinajstić information content (AvgIpc) is 3.57. The highest BCUT2D eigenvalue weighted by molar-refractivity contribution is 5.87. The molecule has 36 heavy (non-hydrogen) atoms. The summed E-state index contributed by atoms with van der Waals surface area (Å²) in [6.45, 7) is 5.58. The van der Waals surface area contributed by atoms with Crippen LogP contribution in [0.1, 0.15) is 73.4 Å². The van der Waals surface area contributed by atoms with Gasteiger partial charge >= 0.3 is 0 Å². The highest BCUT2D eigenvalue weighted by atomic mass is 19.2. The molecule has 0 amide bonds. The van der Waals surface area contributed by atoms with Crippen molar-refractivity contribution in [1.29, 1.82) is 0 Å². The fraction of sp³-hybridized carbons (Fsp3) is 0.423. The molecule has 0 spiro atoms. The van der Waals surface area contributed by atoms with E-state index in [9.17, 15) is 13.2 Å². The number of fused-ring (bicyclic) bond motifs is 1. The van der Waals surface area contributed by atoms with Gasteiger partial charge in [-0.3, -0.25) is 4.68 Å². The second-order valence-corrected chi connectivity index (χ2v) is 9.83. The zero-order valence-corrected chi connectivity index (χ0v) is 20.2. The zero-order chi connectivity index (χ0) is 25.1. The number of halogens is 3. The molecule has 1 saturated heterocycles. The molecule has 10 heteroatoms. The smallest absolute Gasteiger partial charge is 0.182 e. The maximum absolute atomic E-state index is 14.9. The summed E-state index contributed by atoms with van der Waals surface area (Å²) >= 11 is 0. The molecule has 1 saturated carbocycles. The molecule has 1 aliphatic carbocycles. The summed E-state index contributed by atoms with van der Waals surface area (Å²) in [6, 6.07) is 1.81. The summed E-state index contributed by atoms with van der Waals surface area (Å²) < 4.78 is 50.9. The second-order valence-electron chi connectivity index (χ2n) is 9.83. The molecular weight excluding hydrogens is 469 g/mol. The van der Waals surface area contributed by atoms with Crippen LogP contribution in [-0.2, 0) is 4.74 Å². The summed E-state index contributed by atoms with van der Waals surface area (Å²) in [5.41, 5.74) is 2.75. The number of ether oxygens (including phenoxy) is 1. The summed E-state index contributed by atoms with van der Waals surface area (Å²) in [7, 11) is 0. The van der Waals surface area contributed by atoms with Gasteiger partial charge in [0.1, 0.15) is 22.9 Å². The van der Waals surface area contributed by atoms with Crippen LogP contribution in [0, 0.1) is 31.3 Å². The fourth-order valence-corrected chi connectivity index (χ4v) is 4.83. The van der Waals surface area contributed by atoms with E-state index in [1.54, 1.807) is 6.92 Å². The van der Waals surface area contributed by atoms with E-state index < -0.39 is 17.5 Å². The first-order valence-corrected chi connectivity index (χ1v) is 12.1. The van der Waals surface area contributed by atoms with E-state index in [1.165, 1.54) is 0 Å². The third-order valence-electron chi connectivity index (χ3n) is 7.02. The van der Waals surface area contributed by atoms with Gasteiger partial charge in [-0.2, -0.15) is 5.10 Å². The molecular formula is C26H25F3N6O. The Kier molecular flexibility index (Phi) is 5.51. The van der Waals surface area contributed by atoms with Crippen LogP contribution in [0.4, 0.5) is 13.2 Å². The Morgan fingerprint density at radius 2 is 1.67 bits per heavy atom. The molecule has 7 nitrogen and oxygen atoms in total. The van der Waals surface area contributed by atoms with Crippen LogP contribution in [0.5, 0.6) is 0 Å². The lowest BCUT2D eigenvalue weighted by Crippen LogP contribution is -2.26. The third-order valence-corrected chi connectivity index (χ3v) is 7.02. The van der Waals surface area contributed by atoms with Crippen LogP contribution in [0.25, 0.3) is 22.4 Å². The maximum Gasteiger partial charge on any atom is 0.182 e. The number of rotatable bonds is 4. The monoisotopic (exact) mass is 494 g/mol. The first-order chi connectivity index (χ1) is 17.3. The summed E-state index contributed by atoms with van der Waals surface area (Å²) in [5.74, 6) is -3.02. The third kappa shape index (κ3) is 4.13. The van der Waals surface area contributed by atoms with Gasteiger partial charge in [-0.15, -0.1) is 0 Å². The standard InChI is InChI=1S/C26H25F3N6O/c1-12-6-15(7-22(36-12)16-10-30-35(11-16)17-4-5-17)25-33-23(18-8-20(28)21(29)9-19(18)27)24-26(34-25)32-14(3)13(2)31-24/h8-12,15,17,22H,4-7H2,1-3H3/t12-,15-,22-/m0/s1. The van der Waals surface area contributed by atoms with E-state index in [0.29, 0.717) is 47.8 Å². The molecule has 4 heterocycles. The van der Waals surface area contributed by atoms with Crippen molar-refractivity contribution in [2.75, 3.05) is 0 Å². The quantitative estimate of drug-likeness (QED) is 0.340. The van der Waals surface area contributed by atoms with Crippen molar-refractivity contribution in [3.8, 4) is 11.3 Å². The second kappa shape index (κ2) is 8.62. The molecule has 4 aromatic rings. The Hall–Kier alpha value is -3.40. The summed E-state index contributed by atoms with van der Waals surface area (Å²) in [5, 5.41) is 4.49. The molecule has 2 aliphatic rings. The van der Waals surface area contributed by atoms with Crippen molar-refractivity contribution in [3.05, 3.63) is 64.8 Å². The fourth-order valence-electron chi connectivity index (χ4n) is 4.83. The van der Waals surface area contributed by atoms with Gasteiger partial charge in [0, 0.05) is 29.3 Å². The van der Waals surface area contributed by atoms with Gasteiger partial charge in [-0.05, 0) is 52.5 Å². The molecule has 3 aromatic heterocycles. The van der Waals surface area contributed by atoms with Crippen molar-refractivity contribution in [2.45, 2.75) is 70.6 Å². The van der Waals surface area contributed by atoms with Gasteiger partial charge in [0.05, 0.1) is 35.8 Å². The molecule has 0 bridgehead atoms. The van der Waals surface area contributed by atoms with E-state index in [0.717, 1.165) is 24.5 Å². The van der Waals surface area contributed by atoms with Crippen LogP contribution in [0.15, 0.2) is 24.5 Å². The largest absolute Gasteiger partial charge is 0.370 e. The zero-order valence-electron chi connectivity index (χ0n) is 20.2. The predicted molar refractivity (Wildman–Crippen MR) is 126 cm³/mol. The Morgan fingerprint density at radius 3 is 2.44 bits per heavy atom. The Balaban J connectivity index is 1.45. The highest BCUT2D eigenvalue weighted by Crippen LogP contribution is 2.41. The van der Waals surface area contributed by atoms with Crippen LogP contribution in [0.3, 0.4) is 0 Å². The minimum atomic E-state index is -1.26. The van der Waals surface area contributed by atoms with Gasteiger partial charge in [0.15, 0.2) is 17.3 Å². The van der Waals surface area contributed by atoms with Crippen LogP contribution in [-0.4, -0.2) is 35.8 Å². The Morgan fingerprint density at radius 1 is 0.917 bits per heavy atom. The van der Waals surface area contributed by atoms with Gasteiger partial charge in [0.25, 0.3) is 0 Å². The van der Waals surface area contributed by atoms with Gasteiger partial charge in [-0.25, -0.2) is 33.1 Å². The average molecular weight is 495 g/mol. The van der Waals surface area contributed by atoms with Crippen molar-refractivity contribution in [1.82, 2.24) is 29.7 Å². The molecule has 186 valence electrons. The van der Waals surface area contributed by atoms with E-state index >= 15 is 0 Å². The number of benzene rings is 1. The minimum absolute atomic E-state index is 0.0772. The summed E-state index contributed by atoms with van der Waals surface area (Å²) in [6.07, 6.45) is 7.14. The molecule has 1 aliphatic heterocycles. The maximum atomic E-state index is 14.9. The molecule has 0 N–H and O–H groups in total. The number of aromatic nitrogens is 6. The Labute approximate surface area is 205 Å². The van der Waals surface area contributed by atoms with E-state index in [2.05, 4.69) is 20.1 Å². The predicted octanol–water partition coefficient (Wildman–Crippen LogP) is 5.68. The molecule has 0 unspecified atom stereocenters. The lowest BCUT2D eigenvalue weighted by Gasteiger charge is -2.33. The van der Waals surface area contributed by atoms with E-state index in [1.807, 2.05) is 30.9 Å². The first-order valence-electron chi connectivity index (χ1n) is 12.1. The molecule has 0 radical (unpaired) electrons. The SMILES string of the molecule is Cc1nc2nc([C@@H]3C[C@@H](c4cnn(C5CC5)c4)O[C@@H](C)C3)nc(-c3cc(F)c(F)cc3F)c2nc1C. The lowest BCUT2D eigenvalue weighted by atomic mass is 9.89. The number of aryl methyl sites for hydroxylation is 2. The first kappa shape index (κ1) is 23.0. The molecule has 2 fully saturated rings. The van der Waals surface area contributed by atoms with Crippen LogP contribution < -0.4 is 0 Å². The molecule has 3 atom stereocenters. The normalized spacial score (nSPS) is 22.3. The number of nitrogens with zero attached hydrogens (tertiary/aromatic N) is 6.